The molecule has 1 aliphatic rings. The van der Waals surface area contributed by atoms with Crippen LogP contribution in [0.5, 0.6) is 11.5 Å². The number of hydrogen-bond acceptors (Lipinski definition) is 3. The van der Waals surface area contributed by atoms with Gasteiger partial charge in [0.05, 0.1) is 20.3 Å². The third-order valence-corrected chi connectivity index (χ3v) is 4.94. The molecule has 25 heavy (non-hydrogen) atoms. The van der Waals surface area contributed by atoms with Crippen molar-refractivity contribution < 1.29 is 9.47 Å². The van der Waals surface area contributed by atoms with Gasteiger partial charge in [-0.05, 0) is 54.6 Å². The van der Waals surface area contributed by atoms with Crippen LogP contribution in [-0.4, -0.2) is 32.2 Å². The summed E-state index contributed by atoms with van der Waals surface area (Å²) in [6, 6.07) is 15.3. The standard InChI is InChI=1S/C22H27NO2/c1-4-5-9-13-23-14-12-18-15-20(24-2)21(25-3)16-19(18)22(23)17-10-7-6-8-11-17/h4,6-8,10-11,15-16,22H,1,5,9,12-14H2,2-3H3/t22-/m0/s1. The van der Waals surface area contributed by atoms with Crippen LogP contribution < -0.4 is 9.47 Å². The summed E-state index contributed by atoms with van der Waals surface area (Å²) >= 11 is 0. The van der Waals surface area contributed by atoms with Crippen LogP contribution >= 0.6 is 0 Å². The lowest BCUT2D eigenvalue weighted by molar-refractivity contribution is 0.210. The molecule has 0 aliphatic carbocycles. The zero-order chi connectivity index (χ0) is 17.6. The minimum atomic E-state index is 0.259. The summed E-state index contributed by atoms with van der Waals surface area (Å²) in [5.74, 6) is 1.61. The number of nitrogens with zero attached hydrogens (tertiary/aromatic N) is 1. The molecule has 2 aromatic rings. The maximum Gasteiger partial charge on any atom is 0.161 e. The maximum atomic E-state index is 5.56. The van der Waals surface area contributed by atoms with Gasteiger partial charge < -0.3 is 9.47 Å². The van der Waals surface area contributed by atoms with Crippen molar-refractivity contribution >= 4 is 0 Å². The summed E-state index contributed by atoms with van der Waals surface area (Å²) in [6.45, 7) is 5.97. The molecule has 0 spiro atoms. The maximum absolute atomic E-state index is 5.56. The first-order chi connectivity index (χ1) is 12.3. The smallest absolute Gasteiger partial charge is 0.161 e. The number of hydrogen-bond donors (Lipinski definition) is 0. The second kappa shape index (κ2) is 8.21. The minimum Gasteiger partial charge on any atom is -0.493 e. The van der Waals surface area contributed by atoms with Gasteiger partial charge in [-0.2, -0.15) is 0 Å². The Morgan fingerprint density at radius 3 is 2.52 bits per heavy atom. The van der Waals surface area contributed by atoms with Crippen molar-refractivity contribution in [3.05, 3.63) is 71.8 Å². The molecule has 0 saturated carbocycles. The van der Waals surface area contributed by atoms with Crippen molar-refractivity contribution in [1.82, 2.24) is 4.90 Å². The number of unbranched alkanes of at least 4 members (excludes halogenated alkanes) is 1. The van der Waals surface area contributed by atoms with Crippen LogP contribution in [0.25, 0.3) is 0 Å². The SMILES string of the molecule is C=CCCCN1CCc2cc(OC)c(OC)cc2[C@@H]1c1ccccc1. The Hall–Kier alpha value is -2.26. The molecule has 0 bridgehead atoms. The van der Waals surface area contributed by atoms with Crippen molar-refractivity contribution in [3.63, 3.8) is 0 Å². The van der Waals surface area contributed by atoms with E-state index in [-0.39, 0.29) is 6.04 Å². The van der Waals surface area contributed by atoms with Crippen LogP contribution in [0.15, 0.2) is 55.1 Å². The van der Waals surface area contributed by atoms with E-state index < -0.39 is 0 Å². The lowest BCUT2D eigenvalue weighted by atomic mass is 9.87. The fourth-order valence-corrected chi connectivity index (χ4v) is 3.70. The van der Waals surface area contributed by atoms with Crippen LogP contribution in [0.4, 0.5) is 0 Å². The minimum absolute atomic E-state index is 0.259. The Bertz CT molecular complexity index is 711. The van der Waals surface area contributed by atoms with Gasteiger partial charge in [-0.1, -0.05) is 36.4 Å². The molecular weight excluding hydrogens is 310 g/mol. The Morgan fingerprint density at radius 1 is 1.12 bits per heavy atom. The molecule has 0 aromatic heterocycles. The van der Waals surface area contributed by atoms with Crippen LogP contribution in [0, 0.1) is 0 Å². The van der Waals surface area contributed by atoms with E-state index in [1.54, 1.807) is 14.2 Å². The molecule has 0 N–H and O–H groups in total. The van der Waals surface area contributed by atoms with E-state index in [9.17, 15) is 0 Å². The highest BCUT2D eigenvalue weighted by Gasteiger charge is 2.29. The molecule has 0 saturated heterocycles. The third-order valence-electron chi connectivity index (χ3n) is 4.94. The third kappa shape index (κ3) is 3.72. The van der Waals surface area contributed by atoms with Crippen LogP contribution in [0.3, 0.4) is 0 Å². The molecule has 132 valence electrons. The fraction of sp³-hybridized carbons (Fsp3) is 0.364. The molecule has 3 nitrogen and oxygen atoms in total. The molecule has 1 heterocycles. The van der Waals surface area contributed by atoms with Crippen molar-refractivity contribution in [2.45, 2.75) is 25.3 Å². The highest BCUT2D eigenvalue weighted by Crippen LogP contribution is 2.40. The predicted octanol–water partition coefficient (Wildman–Crippen LogP) is 4.62. The Labute approximate surface area is 150 Å². The number of allylic oxidation sites excluding steroid dienone is 1. The summed E-state index contributed by atoms with van der Waals surface area (Å²) in [7, 11) is 3.40. The molecule has 1 atom stereocenters. The van der Waals surface area contributed by atoms with E-state index in [4.69, 9.17) is 9.47 Å². The number of benzene rings is 2. The Balaban J connectivity index is 2.02. The Kier molecular flexibility index (Phi) is 5.77. The van der Waals surface area contributed by atoms with E-state index in [0.29, 0.717) is 0 Å². The van der Waals surface area contributed by atoms with Crippen LogP contribution in [-0.2, 0) is 6.42 Å². The molecule has 0 unspecified atom stereocenters. The van der Waals surface area contributed by atoms with Crippen molar-refractivity contribution in [2.24, 2.45) is 0 Å². The van der Waals surface area contributed by atoms with Crippen molar-refractivity contribution in [1.29, 1.82) is 0 Å². The highest BCUT2D eigenvalue weighted by atomic mass is 16.5. The average molecular weight is 337 g/mol. The van der Waals surface area contributed by atoms with Gasteiger partial charge in [-0.3, -0.25) is 4.90 Å². The number of fused-ring (bicyclic) bond motifs is 1. The molecule has 0 radical (unpaired) electrons. The van der Waals surface area contributed by atoms with E-state index in [1.807, 2.05) is 6.08 Å². The second-order valence-electron chi connectivity index (χ2n) is 6.44. The lowest BCUT2D eigenvalue weighted by Gasteiger charge is -2.38. The normalized spacial score (nSPS) is 17.0. The topological polar surface area (TPSA) is 21.7 Å². The van der Waals surface area contributed by atoms with Gasteiger partial charge >= 0.3 is 0 Å². The molecule has 2 aromatic carbocycles. The summed E-state index contributed by atoms with van der Waals surface area (Å²) < 4.78 is 11.1. The molecule has 1 aliphatic heterocycles. The predicted molar refractivity (Wildman–Crippen MR) is 103 cm³/mol. The van der Waals surface area contributed by atoms with Gasteiger partial charge in [0.15, 0.2) is 11.5 Å². The zero-order valence-electron chi connectivity index (χ0n) is 15.2. The summed E-state index contributed by atoms with van der Waals surface area (Å²) in [5.41, 5.74) is 4.01. The first kappa shape index (κ1) is 17.6. The first-order valence-electron chi connectivity index (χ1n) is 8.93. The summed E-state index contributed by atoms with van der Waals surface area (Å²) in [4.78, 5) is 2.58. The van der Waals surface area contributed by atoms with Gasteiger partial charge in [-0.25, -0.2) is 0 Å². The van der Waals surface area contributed by atoms with Gasteiger partial charge in [0.25, 0.3) is 0 Å². The van der Waals surface area contributed by atoms with Gasteiger partial charge in [-0.15, -0.1) is 6.58 Å². The first-order valence-corrected chi connectivity index (χ1v) is 8.93. The molecule has 3 rings (SSSR count). The molecule has 0 amide bonds. The lowest BCUT2D eigenvalue weighted by Crippen LogP contribution is -2.36. The van der Waals surface area contributed by atoms with Crippen LogP contribution in [0.2, 0.25) is 0 Å². The molecule has 3 heteroatoms. The van der Waals surface area contributed by atoms with Crippen molar-refractivity contribution in [3.8, 4) is 11.5 Å². The van der Waals surface area contributed by atoms with E-state index in [1.165, 1.54) is 16.7 Å². The van der Waals surface area contributed by atoms with Crippen molar-refractivity contribution in [2.75, 3.05) is 27.3 Å². The molecular formula is C22H27NO2. The van der Waals surface area contributed by atoms with E-state index >= 15 is 0 Å². The fourth-order valence-electron chi connectivity index (χ4n) is 3.70. The second-order valence-corrected chi connectivity index (χ2v) is 6.44. The summed E-state index contributed by atoms with van der Waals surface area (Å²) in [5, 5.41) is 0. The average Bonchev–Trinajstić information content (AvgIpc) is 2.67. The monoisotopic (exact) mass is 337 g/mol. The Morgan fingerprint density at radius 2 is 1.84 bits per heavy atom. The number of ether oxygens (including phenoxy) is 2. The van der Waals surface area contributed by atoms with Gasteiger partial charge in [0.2, 0.25) is 0 Å². The van der Waals surface area contributed by atoms with Gasteiger partial charge in [0.1, 0.15) is 0 Å². The molecule has 0 fully saturated rings. The number of rotatable bonds is 7. The quantitative estimate of drug-likeness (QED) is 0.544. The number of methoxy groups -OCH3 is 2. The zero-order valence-corrected chi connectivity index (χ0v) is 15.2. The van der Waals surface area contributed by atoms with Crippen LogP contribution in [0.1, 0.15) is 35.6 Å². The van der Waals surface area contributed by atoms with Gasteiger partial charge in [0, 0.05) is 6.54 Å². The van der Waals surface area contributed by atoms with E-state index in [2.05, 4.69) is 53.9 Å². The summed E-state index contributed by atoms with van der Waals surface area (Å²) in [6.07, 6.45) is 5.22. The largest absolute Gasteiger partial charge is 0.493 e. The highest BCUT2D eigenvalue weighted by molar-refractivity contribution is 5.51. The van der Waals surface area contributed by atoms with E-state index in [0.717, 1.165) is 43.9 Å².